The fraction of sp³-hybridized carbons (Fsp3) is 0.278. The van der Waals surface area contributed by atoms with Gasteiger partial charge in [0.15, 0.2) is 12.8 Å². The van der Waals surface area contributed by atoms with Crippen molar-refractivity contribution >= 4 is 16.2 Å². The minimum absolute atomic E-state index is 0.240. The number of nitrogens with zero attached hydrogens (tertiary/aromatic N) is 2. The molecule has 0 bridgehead atoms. The van der Waals surface area contributed by atoms with Gasteiger partial charge in [-0.25, -0.2) is 13.2 Å². The van der Waals surface area contributed by atoms with Crippen LogP contribution in [0.2, 0.25) is 0 Å². The lowest BCUT2D eigenvalue weighted by Gasteiger charge is -2.18. The molecule has 0 saturated carbocycles. The Balaban J connectivity index is 2.16. The molecule has 2 aromatic rings. The van der Waals surface area contributed by atoms with Gasteiger partial charge in [-0.3, -0.25) is 0 Å². The van der Waals surface area contributed by atoms with Crippen LogP contribution in [0.4, 0.5) is 0 Å². The van der Waals surface area contributed by atoms with Crippen molar-refractivity contribution in [3.8, 4) is 0 Å². The monoisotopic (exact) mass is 346 g/mol. The summed E-state index contributed by atoms with van der Waals surface area (Å²) < 4.78 is 27.1. The van der Waals surface area contributed by atoms with E-state index >= 15 is 0 Å². The topological polar surface area (TPSA) is 63.5 Å². The number of hydrogen-bond donors (Lipinski definition) is 0. The molecule has 0 radical (unpaired) electrons. The maximum Gasteiger partial charge on any atom is 0.243 e. The van der Waals surface area contributed by atoms with Gasteiger partial charge in [0.25, 0.3) is 0 Å². The van der Waals surface area contributed by atoms with Crippen molar-refractivity contribution in [1.82, 2.24) is 4.31 Å². The van der Waals surface area contributed by atoms with Crippen molar-refractivity contribution in [3.05, 3.63) is 70.9 Å². The second kappa shape index (κ2) is 8.08. The van der Waals surface area contributed by atoms with Crippen LogP contribution in [-0.4, -0.2) is 36.8 Å². The first-order valence-electron chi connectivity index (χ1n) is 7.90. The molecule has 6 heteroatoms. The Hall–Kier alpha value is -2.18. The molecule has 2 rings (SSSR count). The molecule has 0 aliphatic rings. The predicted molar refractivity (Wildman–Crippen MR) is 95.5 cm³/mol. The van der Waals surface area contributed by atoms with E-state index < -0.39 is 10.0 Å². The molecule has 0 amide bonds. The maximum atomic E-state index is 12.4. The van der Waals surface area contributed by atoms with Crippen LogP contribution in [0.5, 0.6) is 0 Å². The summed E-state index contributed by atoms with van der Waals surface area (Å²) in [6, 6.07) is 15.8. The zero-order chi connectivity index (χ0) is 17.6. The smallest absolute Gasteiger partial charge is 0.243 e. The first-order valence-corrected chi connectivity index (χ1v) is 9.34. The van der Waals surface area contributed by atoms with E-state index in [-0.39, 0.29) is 11.4 Å². The lowest BCUT2D eigenvalue weighted by Crippen LogP contribution is -2.30. The largest absolute Gasteiger partial charge is 0.624 e. The Morgan fingerprint density at radius 3 is 2.12 bits per heavy atom. The van der Waals surface area contributed by atoms with Gasteiger partial charge >= 0.3 is 0 Å². The number of benzene rings is 2. The third-order valence-electron chi connectivity index (χ3n) is 3.70. The van der Waals surface area contributed by atoms with Crippen LogP contribution in [0.1, 0.15) is 25.0 Å². The molecular weight excluding hydrogens is 324 g/mol. The summed E-state index contributed by atoms with van der Waals surface area (Å²) in [5, 5.41) is 12.0. The fourth-order valence-corrected chi connectivity index (χ4v) is 3.87. The highest BCUT2D eigenvalue weighted by Gasteiger charge is 2.21. The van der Waals surface area contributed by atoms with E-state index in [9.17, 15) is 13.6 Å². The van der Waals surface area contributed by atoms with E-state index in [1.165, 1.54) is 22.7 Å². The molecule has 0 unspecified atom stereocenters. The van der Waals surface area contributed by atoms with Gasteiger partial charge in [0.1, 0.15) is 0 Å². The highest BCUT2D eigenvalue weighted by molar-refractivity contribution is 7.89. The Kier molecular flexibility index (Phi) is 6.11. The molecule has 128 valence electrons. The summed E-state index contributed by atoms with van der Waals surface area (Å²) in [5.74, 6) is 0. The quantitative estimate of drug-likeness (QED) is 0.335. The van der Waals surface area contributed by atoms with Crippen molar-refractivity contribution < 1.29 is 13.2 Å². The first-order chi connectivity index (χ1) is 11.5. The molecule has 0 spiro atoms. The van der Waals surface area contributed by atoms with Gasteiger partial charge in [-0.2, -0.15) is 4.31 Å². The minimum atomic E-state index is -3.47. The lowest BCUT2D eigenvalue weighted by atomic mass is 10.2. The predicted octanol–water partition coefficient (Wildman–Crippen LogP) is 2.85. The van der Waals surface area contributed by atoms with Crippen LogP contribution in [0.25, 0.3) is 0 Å². The highest BCUT2D eigenvalue weighted by atomic mass is 32.2. The van der Waals surface area contributed by atoms with Gasteiger partial charge in [0.2, 0.25) is 10.0 Å². The Labute approximate surface area is 143 Å². The molecule has 0 N–H and O–H groups in total. The van der Waals surface area contributed by atoms with Gasteiger partial charge in [-0.1, -0.05) is 44.2 Å². The fourth-order valence-electron chi connectivity index (χ4n) is 2.41. The molecule has 5 nitrogen and oxygen atoms in total. The molecular formula is C18H22N2O3S. The summed E-state index contributed by atoms with van der Waals surface area (Å²) in [7, 11) is -3.47. The molecule has 2 aromatic carbocycles. The van der Waals surface area contributed by atoms with Crippen LogP contribution >= 0.6 is 0 Å². The van der Waals surface area contributed by atoms with Gasteiger partial charge < -0.3 is 5.21 Å². The first kappa shape index (κ1) is 18.2. The standard InChI is InChI=1S/C18H22N2O3S/c1-3-20(4-2)24(22,23)18-12-10-17(11-13-18)15-19(21)14-16-8-6-5-7-9-16/h5-13,15H,3-4,14H2,1-2H3/b19-15-. The third kappa shape index (κ3) is 4.43. The van der Waals surface area contributed by atoms with Gasteiger partial charge in [-0.15, -0.1) is 0 Å². The Bertz CT molecular complexity index is 781. The third-order valence-corrected chi connectivity index (χ3v) is 5.76. The molecule has 0 aliphatic heterocycles. The number of sulfonamides is 1. The highest BCUT2D eigenvalue weighted by Crippen LogP contribution is 2.15. The van der Waals surface area contributed by atoms with E-state index in [2.05, 4.69) is 0 Å². The Morgan fingerprint density at radius 1 is 1.00 bits per heavy atom. The van der Waals surface area contributed by atoms with Crippen LogP contribution < -0.4 is 0 Å². The van der Waals surface area contributed by atoms with Crippen molar-refractivity contribution in [1.29, 1.82) is 0 Å². The summed E-state index contributed by atoms with van der Waals surface area (Å²) in [6.45, 7) is 4.72. The zero-order valence-corrected chi connectivity index (χ0v) is 14.7. The zero-order valence-electron chi connectivity index (χ0n) is 13.9. The second-order valence-electron chi connectivity index (χ2n) is 5.35. The average Bonchev–Trinajstić information content (AvgIpc) is 2.57. The van der Waals surface area contributed by atoms with Crippen LogP contribution in [0, 0.1) is 5.21 Å². The van der Waals surface area contributed by atoms with Gasteiger partial charge in [0, 0.05) is 24.2 Å². The normalized spacial score (nSPS) is 12.5. The van der Waals surface area contributed by atoms with Gasteiger partial charge in [-0.05, 0) is 24.3 Å². The summed E-state index contributed by atoms with van der Waals surface area (Å²) in [5.41, 5.74) is 1.59. The molecule has 0 heterocycles. The molecule has 24 heavy (non-hydrogen) atoms. The molecule has 0 fully saturated rings. The molecule has 0 atom stereocenters. The van der Waals surface area contributed by atoms with Crippen LogP contribution in [-0.2, 0) is 16.6 Å². The van der Waals surface area contributed by atoms with E-state index in [0.717, 1.165) is 10.3 Å². The number of rotatable bonds is 7. The van der Waals surface area contributed by atoms with Crippen LogP contribution in [0.3, 0.4) is 0 Å². The minimum Gasteiger partial charge on any atom is -0.624 e. The van der Waals surface area contributed by atoms with Crippen molar-refractivity contribution in [2.75, 3.05) is 13.1 Å². The number of hydrogen-bond acceptors (Lipinski definition) is 3. The summed E-state index contributed by atoms with van der Waals surface area (Å²) >= 11 is 0. The SMILES string of the molecule is CCN(CC)S(=O)(=O)c1ccc(/C=[N+](\[O-])Cc2ccccc2)cc1. The van der Waals surface area contributed by atoms with Crippen molar-refractivity contribution in [2.24, 2.45) is 0 Å². The molecule has 0 aromatic heterocycles. The average molecular weight is 346 g/mol. The molecule has 0 aliphatic carbocycles. The van der Waals surface area contributed by atoms with Crippen LogP contribution in [0.15, 0.2) is 59.5 Å². The summed E-state index contributed by atoms with van der Waals surface area (Å²) in [4.78, 5) is 0.240. The van der Waals surface area contributed by atoms with E-state index in [1.54, 1.807) is 12.1 Å². The van der Waals surface area contributed by atoms with Crippen molar-refractivity contribution in [2.45, 2.75) is 25.3 Å². The maximum absolute atomic E-state index is 12.4. The van der Waals surface area contributed by atoms with Gasteiger partial charge in [0.05, 0.1) is 4.90 Å². The van der Waals surface area contributed by atoms with E-state index in [1.807, 2.05) is 44.2 Å². The lowest BCUT2D eigenvalue weighted by molar-refractivity contribution is -0.469. The molecule has 0 saturated heterocycles. The Morgan fingerprint density at radius 2 is 1.58 bits per heavy atom. The van der Waals surface area contributed by atoms with E-state index in [4.69, 9.17) is 0 Å². The van der Waals surface area contributed by atoms with Crippen molar-refractivity contribution in [3.63, 3.8) is 0 Å². The second-order valence-corrected chi connectivity index (χ2v) is 7.29. The number of hydroxylamine groups is 1. The summed E-state index contributed by atoms with van der Waals surface area (Å²) in [6.07, 6.45) is 1.46. The van der Waals surface area contributed by atoms with E-state index in [0.29, 0.717) is 18.7 Å².